The highest BCUT2D eigenvalue weighted by Crippen LogP contribution is 2.32. The first-order chi connectivity index (χ1) is 14.5. The third-order valence-corrected chi connectivity index (χ3v) is 5.04. The van der Waals surface area contributed by atoms with Gasteiger partial charge in [-0.05, 0) is 42.7 Å². The van der Waals surface area contributed by atoms with Gasteiger partial charge in [-0.1, -0.05) is 25.1 Å². The fraction of sp³-hybridized carbons (Fsp3) is 0.304. The molecule has 1 amide bonds. The van der Waals surface area contributed by atoms with Crippen molar-refractivity contribution in [3.63, 3.8) is 0 Å². The summed E-state index contributed by atoms with van der Waals surface area (Å²) in [6, 6.07) is 11.4. The lowest BCUT2D eigenvalue weighted by Gasteiger charge is -2.13. The van der Waals surface area contributed by atoms with E-state index in [1.807, 2.05) is 30.3 Å². The summed E-state index contributed by atoms with van der Waals surface area (Å²) < 4.78 is 21.5. The number of rotatable bonds is 7. The molecule has 30 heavy (non-hydrogen) atoms. The molecule has 7 heteroatoms. The number of aryl methyl sites for hydroxylation is 1. The number of fused-ring (bicyclic) bond motifs is 2. The topological polar surface area (TPSA) is 87.0 Å². The molecule has 0 fully saturated rings. The van der Waals surface area contributed by atoms with Crippen molar-refractivity contribution in [2.45, 2.75) is 39.3 Å². The van der Waals surface area contributed by atoms with Crippen LogP contribution in [0.5, 0.6) is 11.5 Å². The second-order valence-corrected chi connectivity index (χ2v) is 7.16. The summed E-state index contributed by atoms with van der Waals surface area (Å²) in [6.07, 6.45) is 1.61. The minimum Gasteiger partial charge on any atom is -0.464 e. The zero-order chi connectivity index (χ0) is 21.1. The van der Waals surface area contributed by atoms with Gasteiger partial charge in [-0.15, -0.1) is 0 Å². The fourth-order valence-corrected chi connectivity index (χ4v) is 3.32. The molecule has 1 aliphatic heterocycles. The average molecular weight is 409 g/mol. The Bertz CT molecular complexity index is 1090. The largest absolute Gasteiger partial charge is 0.464 e. The maximum atomic E-state index is 12.3. The van der Waals surface area contributed by atoms with Crippen molar-refractivity contribution in [3.05, 3.63) is 59.4 Å². The Morgan fingerprint density at radius 2 is 1.90 bits per heavy atom. The van der Waals surface area contributed by atoms with E-state index in [0.29, 0.717) is 18.0 Å². The Morgan fingerprint density at radius 3 is 2.73 bits per heavy atom. The SMILES string of the molecule is CCc1ccc2c(CC(=O)O[C@@H](C)C(=O)NCc3ccc4c(c3)OCO4)coc2c1. The Morgan fingerprint density at radius 1 is 1.10 bits per heavy atom. The molecule has 3 aromatic rings. The van der Waals surface area contributed by atoms with Crippen molar-refractivity contribution in [2.24, 2.45) is 0 Å². The van der Waals surface area contributed by atoms with Crippen LogP contribution in [0.3, 0.4) is 0 Å². The fourth-order valence-electron chi connectivity index (χ4n) is 3.32. The highest BCUT2D eigenvalue weighted by atomic mass is 16.7. The zero-order valence-corrected chi connectivity index (χ0v) is 16.9. The Labute approximate surface area is 173 Å². The van der Waals surface area contributed by atoms with Crippen molar-refractivity contribution in [3.8, 4) is 11.5 Å². The normalized spacial score (nSPS) is 13.3. The molecule has 0 aliphatic carbocycles. The van der Waals surface area contributed by atoms with Gasteiger partial charge in [0.05, 0.1) is 12.7 Å². The third kappa shape index (κ3) is 4.25. The van der Waals surface area contributed by atoms with Crippen LogP contribution in [-0.4, -0.2) is 24.8 Å². The van der Waals surface area contributed by atoms with Gasteiger partial charge in [0.15, 0.2) is 17.6 Å². The summed E-state index contributed by atoms with van der Waals surface area (Å²) in [5, 5.41) is 3.64. The van der Waals surface area contributed by atoms with Gasteiger partial charge in [0.2, 0.25) is 6.79 Å². The average Bonchev–Trinajstić information content (AvgIpc) is 3.37. The molecule has 0 spiro atoms. The number of carbonyl (C=O) groups excluding carboxylic acids is 2. The van der Waals surface area contributed by atoms with Crippen LogP contribution in [0.1, 0.15) is 30.5 Å². The van der Waals surface area contributed by atoms with Crippen LogP contribution in [-0.2, 0) is 33.7 Å². The van der Waals surface area contributed by atoms with Gasteiger partial charge >= 0.3 is 5.97 Å². The predicted molar refractivity (Wildman–Crippen MR) is 109 cm³/mol. The Balaban J connectivity index is 1.30. The van der Waals surface area contributed by atoms with Gasteiger partial charge in [-0.2, -0.15) is 0 Å². The molecule has 0 unspecified atom stereocenters. The molecule has 0 saturated carbocycles. The number of esters is 1. The molecule has 4 rings (SSSR count). The van der Waals surface area contributed by atoms with Crippen LogP contribution in [0.15, 0.2) is 47.1 Å². The first kappa shape index (κ1) is 19.8. The van der Waals surface area contributed by atoms with Crippen molar-refractivity contribution < 1.29 is 28.2 Å². The van der Waals surface area contributed by atoms with Crippen molar-refractivity contribution in [2.75, 3.05) is 6.79 Å². The second-order valence-electron chi connectivity index (χ2n) is 7.16. The second kappa shape index (κ2) is 8.49. The molecule has 1 aliphatic rings. The van der Waals surface area contributed by atoms with E-state index in [1.165, 1.54) is 5.56 Å². The summed E-state index contributed by atoms with van der Waals surface area (Å²) >= 11 is 0. The lowest BCUT2D eigenvalue weighted by molar-refractivity contribution is -0.154. The summed E-state index contributed by atoms with van der Waals surface area (Å²) in [5.41, 5.74) is 3.51. The first-order valence-electron chi connectivity index (χ1n) is 9.88. The number of ether oxygens (including phenoxy) is 3. The maximum absolute atomic E-state index is 12.3. The van der Waals surface area contributed by atoms with E-state index in [4.69, 9.17) is 18.6 Å². The molecule has 1 N–H and O–H groups in total. The van der Waals surface area contributed by atoms with E-state index < -0.39 is 12.1 Å². The molecule has 0 radical (unpaired) electrons. The summed E-state index contributed by atoms with van der Waals surface area (Å²) in [4.78, 5) is 24.6. The number of nitrogens with one attached hydrogen (secondary N) is 1. The molecule has 0 bridgehead atoms. The molecule has 1 aromatic heterocycles. The predicted octanol–water partition coefficient (Wildman–Crippen LogP) is 3.51. The van der Waals surface area contributed by atoms with E-state index in [9.17, 15) is 9.59 Å². The van der Waals surface area contributed by atoms with E-state index in [2.05, 4.69) is 12.2 Å². The summed E-state index contributed by atoms with van der Waals surface area (Å²) in [7, 11) is 0. The lowest BCUT2D eigenvalue weighted by Crippen LogP contribution is -2.35. The quantitative estimate of drug-likeness (QED) is 0.601. The van der Waals surface area contributed by atoms with Gasteiger partial charge in [0, 0.05) is 17.5 Å². The van der Waals surface area contributed by atoms with E-state index >= 15 is 0 Å². The van der Waals surface area contributed by atoms with Crippen LogP contribution in [0.25, 0.3) is 11.0 Å². The number of hydrogen-bond donors (Lipinski definition) is 1. The first-order valence-corrected chi connectivity index (χ1v) is 9.88. The number of furan rings is 1. The molecule has 2 heterocycles. The smallest absolute Gasteiger partial charge is 0.311 e. The maximum Gasteiger partial charge on any atom is 0.311 e. The molecular weight excluding hydrogens is 386 g/mol. The standard InChI is InChI=1S/C23H23NO6/c1-3-15-4-6-18-17(12-27-20(18)8-15)10-22(25)30-14(2)23(26)24-11-16-5-7-19-21(9-16)29-13-28-19/h4-9,12,14H,3,10-11,13H2,1-2H3,(H,24,26)/t14-/m0/s1. The molecule has 1 atom stereocenters. The van der Waals surface area contributed by atoms with E-state index in [0.717, 1.165) is 28.5 Å². The van der Waals surface area contributed by atoms with Gasteiger partial charge in [-0.3, -0.25) is 9.59 Å². The van der Waals surface area contributed by atoms with Crippen molar-refractivity contribution in [1.82, 2.24) is 5.32 Å². The van der Waals surface area contributed by atoms with Gasteiger partial charge in [0.1, 0.15) is 5.58 Å². The number of hydrogen-bond acceptors (Lipinski definition) is 6. The molecule has 156 valence electrons. The van der Waals surface area contributed by atoms with E-state index in [1.54, 1.807) is 19.3 Å². The van der Waals surface area contributed by atoms with Gasteiger partial charge in [0.25, 0.3) is 5.91 Å². The highest BCUT2D eigenvalue weighted by molar-refractivity contribution is 5.88. The number of amides is 1. The Kier molecular flexibility index (Phi) is 5.61. The zero-order valence-electron chi connectivity index (χ0n) is 16.9. The van der Waals surface area contributed by atoms with Crippen LogP contribution < -0.4 is 14.8 Å². The van der Waals surface area contributed by atoms with Gasteiger partial charge in [-0.25, -0.2) is 0 Å². The molecule has 7 nitrogen and oxygen atoms in total. The molecule has 2 aromatic carbocycles. The number of benzene rings is 2. The van der Waals surface area contributed by atoms with E-state index in [-0.39, 0.29) is 19.1 Å². The molecule has 0 saturated heterocycles. The monoisotopic (exact) mass is 409 g/mol. The van der Waals surface area contributed by atoms with Crippen LogP contribution >= 0.6 is 0 Å². The summed E-state index contributed by atoms with van der Waals surface area (Å²) in [5.74, 6) is 0.485. The minimum atomic E-state index is -0.906. The van der Waals surface area contributed by atoms with Crippen molar-refractivity contribution >= 4 is 22.8 Å². The van der Waals surface area contributed by atoms with Crippen LogP contribution in [0, 0.1) is 0 Å². The molecular formula is C23H23NO6. The van der Waals surface area contributed by atoms with Crippen LogP contribution in [0.4, 0.5) is 0 Å². The lowest BCUT2D eigenvalue weighted by atomic mass is 10.1. The minimum absolute atomic E-state index is 0.0399. The Hall–Kier alpha value is -3.48. The summed E-state index contributed by atoms with van der Waals surface area (Å²) in [6.45, 7) is 4.11. The third-order valence-electron chi connectivity index (χ3n) is 5.04. The van der Waals surface area contributed by atoms with Crippen LogP contribution in [0.2, 0.25) is 0 Å². The van der Waals surface area contributed by atoms with Gasteiger partial charge < -0.3 is 23.9 Å². The van der Waals surface area contributed by atoms with Crippen molar-refractivity contribution in [1.29, 1.82) is 0 Å². The number of carbonyl (C=O) groups is 2. The highest BCUT2D eigenvalue weighted by Gasteiger charge is 2.20.